The molecule has 0 saturated heterocycles. The summed E-state index contributed by atoms with van der Waals surface area (Å²) in [6.07, 6.45) is 1.63. The number of anilines is 1. The second kappa shape index (κ2) is 10.5. The lowest BCUT2D eigenvalue weighted by molar-refractivity contribution is -0.119. The topological polar surface area (TPSA) is 66.5 Å². The Balaban J connectivity index is 1.77. The van der Waals surface area contributed by atoms with E-state index >= 15 is 0 Å². The number of hydrogen-bond acceptors (Lipinski definition) is 3. The summed E-state index contributed by atoms with van der Waals surface area (Å²) in [7, 11) is -3.91. The molecule has 32 heavy (non-hydrogen) atoms. The van der Waals surface area contributed by atoms with Gasteiger partial charge >= 0.3 is 0 Å². The van der Waals surface area contributed by atoms with Crippen LogP contribution in [0.25, 0.3) is 0 Å². The van der Waals surface area contributed by atoms with Crippen LogP contribution in [-0.2, 0) is 21.2 Å². The predicted molar refractivity (Wildman–Crippen MR) is 129 cm³/mol. The van der Waals surface area contributed by atoms with Gasteiger partial charge in [0.15, 0.2) is 0 Å². The highest BCUT2D eigenvalue weighted by atomic mass is 32.2. The normalized spacial score (nSPS) is 11.2. The molecule has 0 fully saturated rings. The van der Waals surface area contributed by atoms with Gasteiger partial charge in [0, 0.05) is 6.54 Å². The Morgan fingerprint density at radius 3 is 2.25 bits per heavy atom. The van der Waals surface area contributed by atoms with Crippen LogP contribution in [0.3, 0.4) is 0 Å². The van der Waals surface area contributed by atoms with E-state index in [1.165, 1.54) is 9.87 Å². The summed E-state index contributed by atoms with van der Waals surface area (Å²) < 4.78 is 28.2. The highest BCUT2D eigenvalue weighted by Gasteiger charge is 2.28. The lowest BCUT2D eigenvalue weighted by Crippen LogP contribution is -2.41. The maximum atomic E-state index is 13.5. The van der Waals surface area contributed by atoms with Gasteiger partial charge in [-0.05, 0) is 68.5 Å². The summed E-state index contributed by atoms with van der Waals surface area (Å²) in [5.74, 6) is -0.324. The zero-order valence-corrected chi connectivity index (χ0v) is 19.7. The van der Waals surface area contributed by atoms with E-state index in [1.54, 1.807) is 30.3 Å². The Kier molecular flexibility index (Phi) is 7.70. The van der Waals surface area contributed by atoms with Crippen LogP contribution in [0.1, 0.15) is 28.7 Å². The molecule has 5 nitrogen and oxygen atoms in total. The lowest BCUT2D eigenvalue weighted by atomic mass is 10.1. The molecule has 0 heterocycles. The van der Waals surface area contributed by atoms with Crippen molar-refractivity contribution in [2.24, 2.45) is 0 Å². The molecule has 0 bridgehead atoms. The molecule has 0 aliphatic carbocycles. The molecule has 0 spiro atoms. The van der Waals surface area contributed by atoms with Crippen LogP contribution in [0.2, 0.25) is 0 Å². The number of carbonyl (C=O) groups excluding carboxylic acids is 1. The highest BCUT2D eigenvalue weighted by Crippen LogP contribution is 2.28. The van der Waals surface area contributed by atoms with Gasteiger partial charge in [0.1, 0.15) is 6.54 Å². The molecule has 6 heteroatoms. The quantitative estimate of drug-likeness (QED) is 0.486. The number of rotatable bonds is 9. The monoisotopic (exact) mass is 450 g/mol. The highest BCUT2D eigenvalue weighted by molar-refractivity contribution is 7.92. The van der Waals surface area contributed by atoms with E-state index in [1.807, 2.05) is 51.1 Å². The summed E-state index contributed by atoms with van der Waals surface area (Å²) >= 11 is 0. The number of benzene rings is 3. The van der Waals surface area contributed by atoms with Crippen LogP contribution >= 0.6 is 0 Å². The first-order valence-electron chi connectivity index (χ1n) is 10.8. The summed E-state index contributed by atoms with van der Waals surface area (Å²) in [5, 5.41) is 2.87. The molecule has 168 valence electrons. The second-order valence-corrected chi connectivity index (χ2v) is 9.85. The summed E-state index contributed by atoms with van der Waals surface area (Å²) in [6.45, 7) is 5.92. The minimum atomic E-state index is -3.91. The number of sulfonamides is 1. The van der Waals surface area contributed by atoms with Crippen molar-refractivity contribution in [3.8, 4) is 0 Å². The zero-order chi connectivity index (χ0) is 23.1. The standard InChI is InChI=1S/C26H30N2O3S/c1-20-14-16-24(17-15-20)32(30,31)28(25-13-7-9-21(2)22(25)3)19-26(29)27-18-8-12-23-10-5-4-6-11-23/h4-7,9-11,13-17H,8,12,18-19H2,1-3H3,(H,27,29). The van der Waals surface area contributed by atoms with Crippen molar-refractivity contribution >= 4 is 21.6 Å². The van der Waals surface area contributed by atoms with Gasteiger partial charge in [0.2, 0.25) is 5.91 Å². The Bertz CT molecular complexity index is 1160. The van der Waals surface area contributed by atoms with E-state index < -0.39 is 10.0 Å². The molecular weight excluding hydrogens is 420 g/mol. The van der Waals surface area contributed by atoms with Crippen molar-refractivity contribution in [2.45, 2.75) is 38.5 Å². The van der Waals surface area contributed by atoms with Crippen LogP contribution in [0.5, 0.6) is 0 Å². The van der Waals surface area contributed by atoms with Crippen molar-refractivity contribution in [1.29, 1.82) is 0 Å². The van der Waals surface area contributed by atoms with Gasteiger partial charge in [-0.25, -0.2) is 8.42 Å². The Labute approximate surface area is 191 Å². The molecule has 0 atom stereocenters. The zero-order valence-electron chi connectivity index (χ0n) is 18.8. The molecule has 1 N–H and O–H groups in total. The molecule has 0 radical (unpaired) electrons. The Morgan fingerprint density at radius 2 is 1.56 bits per heavy atom. The number of nitrogens with one attached hydrogen (secondary N) is 1. The molecule has 0 aliphatic heterocycles. The molecule has 1 amide bonds. The number of aryl methyl sites for hydroxylation is 3. The molecule has 3 aromatic carbocycles. The van der Waals surface area contributed by atoms with Gasteiger partial charge in [-0.3, -0.25) is 9.10 Å². The van der Waals surface area contributed by atoms with Crippen molar-refractivity contribution < 1.29 is 13.2 Å². The van der Waals surface area contributed by atoms with Crippen LogP contribution < -0.4 is 9.62 Å². The van der Waals surface area contributed by atoms with Crippen molar-refractivity contribution in [3.63, 3.8) is 0 Å². The van der Waals surface area contributed by atoms with Gasteiger partial charge in [0.05, 0.1) is 10.6 Å². The number of nitrogens with zero attached hydrogens (tertiary/aromatic N) is 1. The SMILES string of the molecule is Cc1ccc(S(=O)(=O)N(CC(=O)NCCCc2ccccc2)c2cccc(C)c2C)cc1. The summed E-state index contributed by atoms with van der Waals surface area (Å²) in [6, 6.07) is 22.2. The fourth-order valence-electron chi connectivity index (χ4n) is 3.49. The first kappa shape index (κ1) is 23.5. The van der Waals surface area contributed by atoms with Crippen molar-refractivity contribution in [3.05, 3.63) is 95.1 Å². The largest absolute Gasteiger partial charge is 0.355 e. The van der Waals surface area contributed by atoms with Crippen LogP contribution in [0, 0.1) is 20.8 Å². The Morgan fingerprint density at radius 1 is 0.875 bits per heavy atom. The molecule has 0 saturated carbocycles. The fourth-order valence-corrected chi connectivity index (χ4v) is 4.97. The van der Waals surface area contributed by atoms with E-state index in [2.05, 4.69) is 17.4 Å². The average Bonchev–Trinajstić information content (AvgIpc) is 2.78. The molecular formula is C26H30N2O3S. The lowest BCUT2D eigenvalue weighted by Gasteiger charge is -2.26. The average molecular weight is 451 g/mol. The van der Waals surface area contributed by atoms with Crippen molar-refractivity contribution in [1.82, 2.24) is 5.32 Å². The molecule has 3 aromatic rings. The van der Waals surface area contributed by atoms with Crippen LogP contribution in [0.4, 0.5) is 5.69 Å². The first-order chi connectivity index (χ1) is 15.3. The van der Waals surface area contributed by atoms with Gasteiger partial charge in [-0.2, -0.15) is 0 Å². The smallest absolute Gasteiger partial charge is 0.264 e. The first-order valence-corrected chi connectivity index (χ1v) is 12.2. The minimum absolute atomic E-state index is 0.167. The third-order valence-corrected chi connectivity index (χ3v) is 7.32. The van der Waals surface area contributed by atoms with E-state index in [4.69, 9.17) is 0 Å². The maximum absolute atomic E-state index is 13.5. The maximum Gasteiger partial charge on any atom is 0.264 e. The van der Waals surface area contributed by atoms with E-state index in [-0.39, 0.29) is 17.3 Å². The van der Waals surface area contributed by atoms with E-state index in [9.17, 15) is 13.2 Å². The summed E-state index contributed by atoms with van der Waals surface area (Å²) in [4.78, 5) is 12.9. The minimum Gasteiger partial charge on any atom is -0.355 e. The van der Waals surface area contributed by atoms with Gasteiger partial charge in [0.25, 0.3) is 10.0 Å². The molecule has 0 aromatic heterocycles. The van der Waals surface area contributed by atoms with Gasteiger partial charge in [-0.1, -0.05) is 60.2 Å². The molecule has 0 aliphatic rings. The second-order valence-electron chi connectivity index (χ2n) is 7.98. The Hall–Kier alpha value is -3.12. The van der Waals surface area contributed by atoms with Gasteiger partial charge < -0.3 is 5.32 Å². The van der Waals surface area contributed by atoms with Crippen molar-refractivity contribution in [2.75, 3.05) is 17.4 Å². The fraction of sp³-hybridized carbons (Fsp3) is 0.269. The summed E-state index contributed by atoms with van der Waals surface area (Å²) in [5.41, 5.74) is 4.50. The van der Waals surface area contributed by atoms with E-state index in [0.717, 1.165) is 29.5 Å². The van der Waals surface area contributed by atoms with Crippen LogP contribution in [0.15, 0.2) is 77.7 Å². The van der Waals surface area contributed by atoms with Crippen LogP contribution in [-0.4, -0.2) is 27.4 Å². The third kappa shape index (κ3) is 5.77. The number of hydrogen-bond donors (Lipinski definition) is 1. The van der Waals surface area contributed by atoms with Gasteiger partial charge in [-0.15, -0.1) is 0 Å². The predicted octanol–water partition coefficient (Wildman–Crippen LogP) is 4.56. The van der Waals surface area contributed by atoms with E-state index in [0.29, 0.717) is 12.2 Å². The molecule has 3 rings (SSSR count). The number of amides is 1. The third-order valence-electron chi connectivity index (χ3n) is 5.55. The molecule has 0 unspecified atom stereocenters. The number of carbonyl (C=O) groups is 1.